The van der Waals surface area contributed by atoms with E-state index in [1.54, 1.807) is 0 Å². The predicted molar refractivity (Wildman–Crippen MR) is 342 cm³/mol. The number of allylic oxidation sites excluding steroid dienone is 9. The molecule has 5 aliphatic carbocycles. The zero-order valence-corrected chi connectivity index (χ0v) is 45.6. The highest BCUT2D eigenvalue weighted by Gasteiger charge is 2.47. The Morgan fingerprint density at radius 1 is 0.346 bits per heavy atom. The average Bonchev–Trinajstić information content (AvgIpc) is 3.99. The maximum Gasteiger partial charge on any atom is 0.0541 e. The molecule has 2 heterocycles. The Labute approximate surface area is 473 Å². The smallest absolute Gasteiger partial charge is 0.0541 e. The van der Waals surface area contributed by atoms with Crippen molar-refractivity contribution in [3.8, 4) is 61.3 Å². The van der Waals surface area contributed by atoms with Gasteiger partial charge in [-0.15, -0.1) is 0 Å². The molecule has 2 heteroatoms. The van der Waals surface area contributed by atoms with E-state index in [0.717, 1.165) is 17.7 Å². The third-order valence-electron chi connectivity index (χ3n) is 19.8. The molecule has 12 aromatic rings. The Kier molecular flexibility index (Phi) is 10.3. The fraction of sp³-hybridized carbons (Fsp3) is 0.139. The molecule has 17 rings (SSSR count). The van der Waals surface area contributed by atoms with Gasteiger partial charge in [-0.2, -0.15) is 0 Å². The van der Waals surface area contributed by atoms with Crippen LogP contribution in [0, 0.1) is 0 Å². The molecule has 5 aliphatic rings. The van der Waals surface area contributed by atoms with Crippen LogP contribution in [-0.4, -0.2) is 9.13 Å². The summed E-state index contributed by atoms with van der Waals surface area (Å²) >= 11 is 0. The lowest BCUT2D eigenvalue weighted by atomic mass is 9.75. The van der Waals surface area contributed by atoms with E-state index in [-0.39, 0.29) is 10.8 Å². The summed E-state index contributed by atoms with van der Waals surface area (Å²) < 4.78 is 4.87. The van der Waals surface area contributed by atoms with Crippen molar-refractivity contribution in [2.24, 2.45) is 0 Å². The van der Waals surface area contributed by atoms with Crippen molar-refractivity contribution < 1.29 is 0 Å². The Balaban J connectivity index is 0.718. The van der Waals surface area contributed by atoms with Crippen molar-refractivity contribution in [2.75, 3.05) is 0 Å². The first-order chi connectivity index (χ1) is 40.0. The number of nitrogens with zero attached hydrogens (tertiary/aromatic N) is 2. The van der Waals surface area contributed by atoms with Crippen LogP contribution >= 0.6 is 0 Å². The normalized spacial score (nSPS) is 18.4. The molecule has 2 nitrogen and oxygen atoms in total. The first-order valence-electron chi connectivity index (χ1n) is 29.6. The van der Waals surface area contributed by atoms with Crippen LogP contribution in [0.1, 0.15) is 80.0 Å². The van der Waals surface area contributed by atoms with Gasteiger partial charge < -0.3 is 9.13 Å². The SMILES string of the molecule is C=C1/C=C\C=C/C/C=C\C=C/1n1c2ccccc2c2cc(-c3ccc4c(c3)C3(CCCC3)c3cc(-c5ccc6c(c5)C5(CCCC5)c5cc(-c7ccc8c(c7)c7ccccc7n8-c7cccc8ccccc78)ccc5-6)ccc3-4)ccc21. The number of rotatable bonds is 5. The maximum absolute atomic E-state index is 4.54. The van der Waals surface area contributed by atoms with Gasteiger partial charge in [0.15, 0.2) is 0 Å². The van der Waals surface area contributed by atoms with Gasteiger partial charge in [-0.3, -0.25) is 0 Å². The monoisotopic (exact) mass is 1040 g/mol. The predicted octanol–water partition coefficient (Wildman–Crippen LogP) is 21.2. The molecule has 2 fully saturated rings. The number of hydrogen-bond acceptors (Lipinski definition) is 0. The minimum Gasteiger partial charge on any atom is -0.309 e. The molecule has 0 aliphatic heterocycles. The van der Waals surface area contributed by atoms with Gasteiger partial charge in [0.25, 0.3) is 0 Å². The van der Waals surface area contributed by atoms with Gasteiger partial charge >= 0.3 is 0 Å². The van der Waals surface area contributed by atoms with Gasteiger partial charge in [0.1, 0.15) is 0 Å². The second-order valence-electron chi connectivity index (χ2n) is 23.8. The molecule has 2 aromatic heterocycles. The van der Waals surface area contributed by atoms with Gasteiger partial charge in [-0.05, 0) is 194 Å². The van der Waals surface area contributed by atoms with E-state index < -0.39 is 0 Å². The van der Waals surface area contributed by atoms with Crippen molar-refractivity contribution in [1.29, 1.82) is 0 Å². The molecule has 0 atom stereocenters. The molecule has 0 N–H and O–H groups in total. The van der Waals surface area contributed by atoms with Crippen LogP contribution in [0.4, 0.5) is 0 Å². The van der Waals surface area contributed by atoms with E-state index in [2.05, 4.69) is 258 Å². The minimum atomic E-state index is 0.0135. The van der Waals surface area contributed by atoms with E-state index in [9.17, 15) is 0 Å². The molecule has 81 heavy (non-hydrogen) atoms. The first kappa shape index (κ1) is 46.7. The van der Waals surface area contributed by atoms with Crippen molar-refractivity contribution in [1.82, 2.24) is 9.13 Å². The summed E-state index contributed by atoms with van der Waals surface area (Å²) in [6.45, 7) is 4.54. The van der Waals surface area contributed by atoms with Gasteiger partial charge in [0, 0.05) is 37.8 Å². The van der Waals surface area contributed by atoms with Crippen LogP contribution in [0.5, 0.6) is 0 Å². The number of para-hydroxylation sites is 2. The molecular formula is C79H60N2. The molecule has 0 radical (unpaired) electrons. The zero-order valence-electron chi connectivity index (χ0n) is 45.6. The highest BCUT2D eigenvalue weighted by molar-refractivity contribution is 6.13. The van der Waals surface area contributed by atoms with Gasteiger partial charge in [-0.25, -0.2) is 0 Å². The quantitative estimate of drug-likeness (QED) is 0.163. The van der Waals surface area contributed by atoms with Crippen LogP contribution in [0.25, 0.3) is 121 Å². The fourth-order valence-corrected chi connectivity index (χ4v) is 16.0. The molecule has 0 saturated heterocycles. The van der Waals surface area contributed by atoms with E-state index in [0.29, 0.717) is 0 Å². The molecular weight excluding hydrogens is 977 g/mol. The summed E-state index contributed by atoms with van der Waals surface area (Å²) in [6, 6.07) is 77.4. The van der Waals surface area contributed by atoms with E-state index in [4.69, 9.17) is 0 Å². The summed E-state index contributed by atoms with van der Waals surface area (Å²) in [5, 5.41) is 7.62. The van der Waals surface area contributed by atoms with Crippen LogP contribution in [0.2, 0.25) is 0 Å². The minimum absolute atomic E-state index is 0.0135. The standard InChI is InChI=1S/C79H60N2/c1-51-19-6-4-2-3-5-7-25-72(51)80-74-26-12-10-23-64(74)66-45-53(33-39-76(66)80)55-29-35-60-62-37-31-57(49-70(62)78(68(60)47-55)41-14-15-42-78)58-32-38-63-61-36-30-56(48-69(61)79(71(63)50-58)43-16-17-44-79)54-34-40-77-67(46-54)65-24-11-13-27-75(65)81(77)73-28-18-21-52-20-8-9-22-59(52)73/h2,4-13,18-40,45-50H,1,3,14-17,41-44H2/b4-2-,7-5-,19-6-,72-25+. The number of fused-ring (bicyclic) bond motifs is 17. The Morgan fingerprint density at radius 3 is 1.31 bits per heavy atom. The maximum atomic E-state index is 4.54. The first-order valence-corrected chi connectivity index (χ1v) is 29.6. The van der Waals surface area contributed by atoms with Gasteiger partial charge in [-0.1, -0.05) is 202 Å². The Hall–Kier alpha value is -9.24. The lowest BCUT2D eigenvalue weighted by Crippen LogP contribution is -2.21. The summed E-state index contributed by atoms with van der Waals surface area (Å²) in [6.07, 6.45) is 25.8. The lowest BCUT2D eigenvalue weighted by molar-refractivity contribution is 0.549. The van der Waals surface area contributed by atoms with Crippen LogP contribution in [0.15, 0.2) is 255 Å². The van der Waals surface area contributed by atoms with Crippen molar-refractivity contribution in [3.05, 3.63) is 277 Å². The lowest BCUT2D eigenvalue weighted by Gasteiger charge is -2.28. The number of aromatic nitrogens is 2. The molecule has 0 bridgehead atoms. The van der Waals surface area contributed by atoms with E-state index in [1.165, 1.54) is 189 Å². The highest BCUT2D eigenvalue weighted by Crippen LogP contribution is 2.60. The summed E-state index contributed by atoms with van der Waals surface area (Å²) in [5.41, 5.74) is 27.8. The Bertz CT molecular complexity index is 4810. The molecule has 2 spiro atoms. The van der Waals surface area contributed by atoms with Gasteiger partial charge in [0.2, 0.25) is 0 Å². The van der Waals surface area contributed by atoms with Crippen molar-refractivity contribution in [3.63, 3.8) is 0 Å². The fourth-order valence-electron chi connectivity index (χ4n) is 16.0. The van der Waals surface area contributed by atoms with Crippen LogP contribution < -0.4 is 0 Å². The second kappa shape index (κ2) is 17.9. The highest BCUT2D eigenvalue weighted by atomic mass is 15.0. The topological polar surface area (TPSA) is 9.86 Å². The average molecular weight is 1040 g/mol. The third-order valence-corrected chi connectivity index (χ3v) is 19.8. The van der Waals surface area contributed by atoms with Crippen LogP contribution in [0.3, 0.4) is 0 Å². The summed E-state index contributed by atoms with van der Waals surface area (Å²) in [4.78, 5) is 0. The zero-order chi connectivity index (χ0) is 53.4. The molecule has 0 unspecified atom stereocenters. The number of benzene rings is 10. The van der Waals surface area contributed by atoms with E-state index >= 15 is 0 Å². The molecule has 386 valence electrons. The van der Waals surface area contributed by atoms with Crippen molar-refractivity contribution in [2.45, 2.75) is 68.6 Å². The molecule has 0 amide bonds. The summed E-state index contributed by atoms with van der Waals surface area (Å²) in [7, 11) is 0. The van der Waals surface area contributed by atoms with Crippen molar-refractivity contribution >= 4 is 60.1 Å². The van der Waals surface area contributed by atoms with E-state index in [1.807, 2.05) is 0 Å². The Morgan fingerprint density at radius 2 is 0.765 bits per heavy atom. The second-order valence-corrected chi connectivity index (χ2v) is 23.8. The molecule has 10 aromatic carbocycles. The van der Waals surface area contributed by atoms with Gasteiger partial charge in [0.05, 0.1) is 33.5 Å². The van der Waals surface area contributed by atoms with Crippen LogP contribution in [-0.2, 0) is 10.8 Å². The largest absolute Gasteiger partial charge is 0.309 e. The summed E-state index contributed by atoms with van der Waals surface area (Å²) in [5.74, 6) is 0. The third kappa shape index (κ3) is 6.86. The molecule has 2 saturated carbocycles. The number of hydrogen-bond donors (Lipinski definition) is 0.